The Bertz CT molecular complexity index is 941. The van der Waals surface area contributed by atoms with E-state index >= 15 is 0 Å². The van der Waals surface area contributed by atoms with Crippen molar-refractivity contribution in [1.29, 1.82) is 0 Å². The zero-order valence-corrected chi connectivity index (χ0v) is 19.9. The summed E-state index contributed by atoms with van der Waals surface area (Å²) in [6.07, 6.45) is 3.83. The van der Waals surface area contributed by atoms with Gasteiger partial charge in [-0.15, -0.1) is 0 Å². The molecule has 0 fully saturated rings. The Morgan fingerprint density at radius 1 is 0.781 bits per heavy atom. The van der Waals surface area contributed by atoms with E-state index in [1.807, 2.05) is 6.92 Å². The minimum atomic E-state index is -1.55. The van der Waals surface area contributed by atoms with E-state index in [-0.39, 0.29) is 6.61 Å². The van der Waals surface area contributed by atoms with E-state index in [1.54, 1.807) is 12.1 Å². The largest absolute Gasteiger partial charge is 0.488 e. The molecular formula is C25H28BBrF2O3. The molecule has 0 bridgehead atoms. The Morgan fingerprint density at radius 2 is 1.28 bits per heavy atom. The maximum atomic E-state index is 13.9. The summed E-state index contributed by atoms with van der Waals surface area (Å²) in [5.41, 5.74) is 3.03. The predicted octanol–water partition coefficient (Wildman–Crippen LogP) is 5.58. The van der Waals surface area contributed by atoms with Gasteiger partial charge < -0.3 is 14.8 Å². The summed E-state index contributed by atoms with van der Waals surface area (Å²) in [5.74, 6) is -1.83. The third-order valence-electron chi connectivity index (χ3n) is 4.71. The molecule has 0 unspecified atom stereocenters. The van der Waals surface area contributed by atoms with Crippen molar-refractivity contribution in [2.75, 3.05) is 0 Å². The van der Waals surface area contributed by atoms with Gasteiger partial charge in [-0.1, -0.05) is 79.0 Å². The van der Waals surface area contributed by atoms with Gasteiger partial charge in [-0.2, -0.15) is 0 Å². The van der Waals surface area contributed by atoms with Crippen LogP contribution in [-0.4, -0.2) is 17.2 Å². The number of hydrogen-bond acceptors (Lipinski definition) is 3. The van der Waals surface area contributed by atoms with Gasteiger partial charge in [0.05, 0.1) is 0 Å². The number of hydrogen-bond donors (Lipinski definition) is 2. The van der Waals surface area contributed by atoms with E-state index < -0.39 is 24.5 Å². The molecule has 2 N–H and O–H groups in total. The molecule has 0 amide bonds. The van der Waals surface area contributed by atoms with Crippen molar-refractivity contribution in [2.45, 2.75) is 46.1 Å². The van der Waals surface area contributed by atoms with Crippen LogP contribution in [0.5, 0.6) is 5.75 Å². The van der Waals surface area contributed by atoms with Crippen molar-refractivity contribution >= 4 is 28.5 Å². The quantitative estimate of drug-likeness (QED) is 0.394. The molecule has 0 aromatic heterocycles. The van der Waals surface area contributed by atoms with E-state index in [1.165, 1.54) is 42.7 Å². The summed E-state index contributed by atoms with van der Waals surface area (Å²) in [5, 5.41) is 18.0. The van der Waals surface area contributed by atoms with Gasteiger partial charge in [-0.05, 0) is 59.3 Å². The van der Waals surface area contributed by atoms with Crippen molar-refractivity contribution in [3.63, 3.8) is 0 Å². The van der Waals surface area contributed by atoms with Gasteiger partial charge in [0.15, 0.2) is 17.4 Å². The zero-order valence-electron chi connectivity index (χ0n) is 18.3. The minimum Gasteiger partial charge on any atom is -0.483 e. The Labute approximate surface area is 197 Å². The van der Waals surface area contributed by atoms with Crippen molar-refractivity contribution in [3.8, 4) is 5.75 Å². The number of ether oxygens (including phenoxy) is 1. The maximum Gasteiger partial charge on any atom is 0.488 e. The summed E-state index contributed by atoms with van der Waals surface area (Å²) in [7, 11) is -1.55. The fourth-order valence-electron chi connectivity index (χ4n) is 3.06. The van der Waals surface area contributed by atoms with Gasteiger partial charge in [0.25, 0.3) is 0 Å². The van der Waals surface area contributed by atoms with E-state index in [0.717, 1.165) is 10.9 Å². The summed E-state index contributed by atoms with van der Waals surface area (Å²) in [6.45, 7) is 4.12. The molecule has 0 heterocycles. The minimum absolute atomic E-state index is 0.0111. The van der Waals surface area contributed by atoms with Crippen LogP contribution < -0.4 is 10.2 Å². The molecule has 0 atom stereocenters. The van der Waals surface area contributed by atoms with Crippen LogP contribution in [0.25, 0.3) is 0 Å². The molecule has 0 aliphatic carbocycles. The topological polar surface area (TPSA) is 49.7 Å². The molecule has 0 spiro atoms. The highest BCUT2D eigenvalue weighted by Gasteiger charge is 2.13. The monoisotopic (exact) mass is 504 g/mol. The molecule has 32 heavy (non-hydrogen) atoms. The number of halogens is 3. The Kier molecular flexibility index (Phi) is 10.9. The SMILES string of the molecule is CCCc1cc(F)c(OCc2ccc(B(O)O)cc2)c(F)c1.CCCc1ccc(Br)cc1. The molecule has 0 aliphatic rings. The van der Waals surface area contributed by atoms with Gasteiger partial charge in [-0.25, -0.2) is 8.78 Å². The lowest BCUT2D eigenvalue weighted by molar-refractivity contribution is 0.274. The van der Waals surface area contributed by atoms with Crippen LogP contribution in [0.3, 0.4) is 0 Å². The summed E-state index contributed by atoms with van der Waals surface area (Å²) in [4.78, 5) is 0. The van der Waals surface area contributed by atoms with Gasteiger partial charge in [0.2, 0.25) is 0 Å². The van der Waals surface area contributed by atoms with E-state index in [4.69, 9.17) is 14.8 Å². The van der Waals surface area contributed by atoms with Gasteiger partial charge in [0, 0.05) is 4.47 Å². The summed E-state index contributed by atoms with van der Waals surface area (Å²) < 4.78 is 34.1. The highest BCUT2D eigenvalue weighted by Crippen LogP contribution is 2.25. The van der Waals surface area contributed by atoms with Crippen molar-refractivity contribution in [1.82, 2.24) is 0 Å². The number of rotatable bonds is 8. The fourth-order valence-corrected chi connectivity index (χ4v) is 3.33. The average molecular weight is 505 g/mol. The van der Waals surface area contributed by atoms with Crippen molar-refractivity contribution in [2.24, 2.45) is 0 Å². The Hall–Kier alpha value is -2.22. The maximum absolute atomic E-state index is 13.9. The van der Waals surface area contributed by atoms with E-state index in [9.17, 15) is 8.78 Å². The smallest absolute Gasteiger partial charge is 0.483 e. The van der Waals surface area contributed by atoms with Crippen molar-refractivity contribution in [3.05, 3.63) is 93.5 Å². The van der Waals surface area contributed by atoms with Crippen LogP contribution in [0, 0.1) is 11.6 Å². The number of benzene rings is 3. The van der Waals surface area contributed by atoms with Crippen LogP contribution in [-0.2, 0) is 19.4 Å². The van der Waals surface area contributed by atoms with Gasteiger partial charge >= 0.3 is 7.12 Å². The number of aryl methyl sites for hydroxylation is 2. The standard InChI is InChI=1S/C16H17BF2O3.C9H11Br/c1-2-3-12-8-14(18)16(15(19)9-12)22-10-11-4-6-13(7-5-11)17(20)21;1-2-3-8-4-6-9(10)7-5-8/h4-9,20-21H,2-3,10H2,1H3;4-7H,2-3H2,1H3. The average Bonchev–Trinajstić information content (AvgIpc) is 2.76. The normalized spacial score (nSPS) is 10.3. The molecule has 3 aromatic carbocycles. The molecule has 0 aliphatic heterocycles. The second-order valence-electron chi connectivity index (χ2n) is 7.42. The van der Waals surface area contributed by atoms with Gasteiger partial charge in [0.1, 0.15) is 6.61 Å². The van der Waals surface area contributed by atoms with Crippen LogP contribution >= 0.6 is 15.9 Å². The third-order valence-corrected chi connectivity index (χ3v) is 5.24. The summed E-state index contributed by atoms with van der Waals surface area (Å²) >= 11 is 3.40. The molecule has 0 saturated carbocycles. The van der Waals surface area contributed by atoms with Crippen LogP contribution in [0.4, 0.5) is 8.78 Å². The Morgan fingerprint density at radius 3 is 1.78 bits per heavy atom. The Balaban J connectivity index is 0.000000303. The van der Waals surface area contributed by atoms with E-state index in [0.29, 0.717) is 23.0 Å². The van der Waals surface area contributed by atoms with Crippen LogP contribution in [0.2, 0.25) is 0 Å². The lowest BCUT2D eigenvalue weighted by Gasteiger charge is -2.10. The molecule has 7 heteroatoms. The highest BCUT2D eigenvalue weighted by molar-refractivity contribution is 9.10. The molecule has 3 rings (SSSR count). The first kappa shape index (κ1) is 26.0. The first-order valence-corrected chi connectivity index (χ1v) is 11.4. The second kappa shape index (κ2) is 13.4. The van der Waals surface area contributed by atoms with Crippen LogP contribution in [0.1, 0.15) is 43.4 Å². The fraction of sp³-hybridized carbons (Fsp3) is 0.280. The van der Waals surface area contributed by atoms with E-state index in [2.05, 4.69) is 47.1 Å². The molecule has 0 radical (unpaired) electrons. The first-order chi connectivity index (χ1) is 15.3. The molecule has 3 nitrogen and oxygen atoms in total. The summed E-state index contributed by atoms with van der Waals surface area (Å²) in [6, 6.07) is 17.3. The highest BCUT2D eigenvalue weighted by atomic mass is 79.9. The molecular weight excluding hydrogens is 477 g/mol. The molecule has 0 saturated heterocycles. The second-order valence-corrected chi connectivity index (χ2v) is 8.33. The predicted molar refractivity (Wildman–Crippen MR) is 129 cm³/mol. The lowest BCUT2D eigenvalue weighted by atomic mass is 9.80. The van der Waals surface area contributed by atoms with Gasteiger partial charge in [-0.3, -0.25) is 0 Å². The molecule has 3 aromatic rings. The third kappa shape index (κ3) is 8.38. The van der Waals surface area contributed by atoms with Crippen LogP contribution in [0.15, 0.2) is 65.1 Å². The lowest BCUT2D eigenvalue weighted by Crippen LogP contribution is -2.29. The first-order valence-electron chi connectivity index (χ1n) is 10.6. The van der Waals surface area contributed by atoms with Crippen molar-refractivity contribution < 1.29 is 23.6 Å². The molecule has 170 valence electrons. The zero-order chi connectivity index (χ0) is 23.5.